The minimum atomic E-state index is -4.46. The zero-order chi connectivity index (χ0) is 44.4. The van der Waals surface area contributed by atoms with Crippen LogP contribution in [0.15, 0.2) is 84.0 Å². The molecule has 3 aromatic heterocycles. The second-order valence-electron chi connectivity index (χ2n) is 16.1. The Hall–Kier alpha value is -6.11. The molecule has 13 nitrogen and oxygen atoms in total. The molecule has 1 amide bonds. The van der Waals surface area contributed by atoms with Gasteiger partial charge >= 0.3 is 24.3 Å². The van der Waals surface area contributed by atoms with Crippen LogP contribution < -0.4 is 15.2 Å². The molecule has 328 valence electrons. The van der Waals surface area contributed by atoms with Gasteiger partial charge in [0.2, 0.25) is 0 Å². The van der Waals surface area contributed by atoms with Crippen molar-refractivity contribution in [3.05, 3.63) is 107 Å². The lowest BCUT2D eigenvalue weighted by Gasteiger charge is -2.32. The molecule has 2 atom stereocenters. The zero-order valence-electron chi connectivity index (χ0n) is 33.6. The summed E-state index contributed by atoms with van der Waals surface area (Å²) >= 11 is 0. The first-order valence-electron chi connectivity index (χ1n) is 20.4. The van der Waals surface area contributed by atoms with Crippen LogP contribution >= 0.6 is 0 Å². The Morgan fingerprint density at radius 2 is 1.45 bits per heavy atom. The van der Waals surface area contributed by atoms with Crippen LogP contribution in [0, 0.1) is 11.8 Å². The number of rotatable bonds is 13. The molecule has 4 aromatic rings. The molecular weight excluding hydrogens is 823 g/mol. The molecule has 4 aliphatic rings. The maximum absolute atomic E-state index is 13.1. The van der Waals surface area contributed by atoms with Crippen LogP contribution in [0.3, 0.4) is 0 Å². The van der Waals surface area contributed by atoms with E-state index in [1.165, 1.54) is 24.8 Å². The van der Waals surface area contributed by atoms with E-state index in [1.807, 2.05) is 18.3 Å². The molecule has 1 aliphatic heterocycles. The molecule has 2 unspecified atom stereocenters. The Balaban J connectivity index is 0.000000221. The van der Waals surface area contributed by atoms with Crippen molar-refractivity contribution >= 4 is 35.1 Å². The van der Waals surface area contributed by atoms with Crippen molar-refractivity contribution in [1.82, 2.24) is 29.7 Å². The van der Waals surface area contributed by atoms with E-state index in [2.05, 4.69) is 25.7 Å². The van der Waals surface area contributed by atoms with E-state index < -0.39 is 35.4 Å². The first-order chi connectivity index (χ1) is 29.4. The number of aromatic nitrogens is 4. The Bertz CT molecular complexity index is 2330. The van der Waals surface area contributed by atoms with Crippen LogP contribution in [0.2, 0.25) is 0 Å². The van der Waals surface area contributed by atoms with Crippen LogP contribution in [-0.2, 0) is 21.9 Å². The van der Waals surface area contributed by atoms with E-state index in [9.17, 15) is 45.8 Å². The van der Waals surface area contributed by atoms with Gasteiger partial charge in [-0.2, -0.15) is 31.4 Å². The van der Waals surface area contributed by atoms with Gasteiger partial charge in [0.15, 0.2) is 5.82 Å². The summed E-state index contributed by atoms with van der Waals surface area (Å²) in [6.07, 6.45) is 5.18. The number of quaternary nitrogens is 1. The second-order valence-corrected chi connectivity index (χ2v) is 16.1. The number of nitrogens with zero attached hydrogens (tertiary/aromatic N) is 6. The zero-order valence-corrected chi connectivity index (χ0v) is 33.6. The average molecular weight is 868 g/mol. The number of alkyl halides is 6. The number of nitrogens with one attached hydrogen (secondary N) is 2. The third-order valence-electron chi connectivity index (χ3n) is 11.3. The molecule has 0 spiro atoms. The van der Waals surface area contributed by atoms with Crippen molar-refractivity contribution in [2.45, 2.75) is 88.5 Å². The Kier molecular flexibility index (Phi) is 12.6. The van der Waals surface area contributed by atoms with E-state index in [1.54, 1.807) is 23.9 Å². The minimum Gasteiger partial charge on any atom is -0.481 e. The molecule has 1 aromatic carbocycles. The predicted molar refractivity (Wildman–Crippen MR) is 215 cm³/mol. The molecule has 8 rings (SSSR count). The van der Waals surface area contributed by atoms with Gasteiger partial charge in [-0.25, -0.2) is 19.4 Å². The largest absolute Gasteiger partial charge is 0.481 e. The van der Waals surface area contributed by atoms with Crippen molar-refractivity contribution in [1.29, 1.82) is 0 Å². The van der Waals surface area contributed by atoms with Gasteiger partial charge in [-0.3, -0.25) is 9.59 Å². The number of amides is 1. The average Bonchev–Trinajstić information content (AvgIpc) is 4.19. The number of aliphatic carboxylic acids is 2. The normalized spacial score (nSPS) is 19.7. The molecular formula is C43H45F6N8O5+. The fraction of sp³-hybridized carbons (Fsp3) is 0.419. The SMILES string of the molecule is C[N+]1(c2ccc(C(F)(F)F)cn2)C=C(C(=O)O)C(C2CC2)=N1.O=C(O)CCNC(=O)c1ccc(NC(c2cn(-c3ccc(C(F)(F)F)cn3)nc2C2CC2)C2CCCCC2)cc1. The number of benzene rings is 1. The number of pyridine rings is 2. The van der Waals surface area contributed by atoms with Gasteiger partial charge in [-0.1, -0.05) is 24.4 Å². The fourth-order valence-electron chi connectivity index (χ4n) is 7.71. The van der Waals surface area contributed by atoms with Gasteiger partial charge in [-0.15, -0.1) is 4.59 Å². The monoisotopic (exact) mass is 867 g/mol. The summed E-state index contributed by atoms with van der Waals surface area (Å²) in [6.45, 7) is 0.0552. The summed E-state index contributed by atoms with van der Waals surface area (Å²) in [5, 5.41) is 33.5. The number of hydrogen-bond donors (Lipinski definition) is 4. The lowest BCUT2D eigenvalue weighted by atomic mass is 9.80. The van der Waals surface area contributed by atoms with E-state index in [-0.39, 0.29) is 46.8 Å². The summed E-state index contributed by atoms with van der Waals surface area (Å²) in [7, 11) is 1.59. The van der Waals surface area contributed by atoms with Crippen LogP contribution in [-0.4, -0.2) is 67.1 Å². The lowest BCUT2D eigenvalue weighted by molar-refractivity contribution is -0.138. The summed E-state index contributed by atoms with van der Waals surface area (Å²) in [6, 6.07) is 11.5. The minimum absolute atomic E-state index is 0.0552. The maximum atomic E-state index is 13.1. The number of halogens is 6. The topological polar surface area (TPSA) is 172 Å². The number of carboxylic acids is 2. The van der Waals surface area contributed by atoms with Crippen molar-refractivity contribution in [3.8, 4) is 5.82 Å². The Morgan fingerprint density at radius 3 is 1.98 bits per heavy atom. The first-order valence-corrected chi connectivity index (χ1v) is 20.4. The molecule has 0 saturated heterocycles. The molecule has 62 heavy (non-hydrogen) atoms. The molecule has 3 fully saturated rings. The summed E-state index contributed by atoms with van der Waals surface area (Å²) < 4.78 is 78.2. The highest BCUT2D eigenvalue weighted by Crippen LogP contribution is 2.46. The van der Waals surface area contributed by atoms with Crippen LogP contribution in [0.5, 0.6) is 0 Å². The van der Waals surface area contributed by atoms with Gasteiger partial charge in [0, 0.05) is 59.9 Å². The molecule has 0 bridgehead atoms. The third-order valence-corrected chi connectivity index (χ3v) is 11.3. The Morgan fingerprint density at radius 1 is 0.823 bits per heavy atom. The Labute approximate surface area is 352 Å². The van der Waals surface area contributed by atoms with Gasteiger partial charge in [0.05, 0.1) is 29.3 Å². The summed E-state index contributed by atoms with van der Waals surface area (Å²) in [5.74, 6) is -1.03. The van der Waals surface area contributed by atoms with Crippen LogP contribution in [0.4, 0.5) is 37.8 Å². The van der Waals surface area contributed by atoms with Gasteiger partial charge in [0.1, 0.15) is 24.5 Å². The number of carboxylic acid groups (broad SMARTS) is 2. The summed E-state index contributed by atoms with van der Waals surface area (Å²) in [4.78, 5) is 42.3. The summed E-state index contributed by atoms with van der Waals surface area (Å²) in [5.41, 5.74) is 2.21. The van der Waals surface area contributed by atoms with E-state index in [0.717, 1.165) is 92.8 Å². The van der Waals surface area contributed by atoms with Crippen LogP contribution in [0.1, 0.15) is 109 Å². The standard InChI is InChI=1S/C29H32F3N5O3.C14H12F3N3O2/c30-29(31,32)21-10-13-24(34-16-21)37-17-23(27(36-37)19-6-7-19)26(18-4-2-1-3-5-18)35-22-11-8-20(9-12-22)28(40)33-15-14-25(38)39;1-20(11-5-4-9(6-18-11)14(15,16)17)7-10(13(21)22)12(19-20)8-2-3-8/h8-13,16-19,26,35H,1-7,14-15H2,(H,33,40)(H,38,39);4-8H,2-3H2,1H3/p+1. The van der Waals surface area contributed by atoms with Gasteiger partial charge < -0.3 is 20.8 Å². The fourth-order valence-corrected chi connectivity index (χ4v) is 7.71. The predicted octanol–water partition coefficient (Wildman–Crippen LogP) is 8.89. The number of carbonyl (C=O) groups is 3. The van der Waals surface area contributed by atoms with E-state index >= 15 is 0 Å². The van der Waals surface area contributed by atoms with Gasteiger partial charge in [-0.05, 0) is 86.9 Å². The van der Waals surface area contributed by atoms with Gasteiger partial charge in [0.25, 0.3) is 11.7 Å². The third kappa shape index (κ3) is 10.5. The highest BCUT2D eigenvalue weighted by Gasteiger charge is 2.44. The van der Waals surface area contributed by atoms with Crippen molar-refractivity contribution in [2.75, 3.05) is 18.9 Å². The number of carbonyl (C=O) groups excluding carboxylic acids is 1. The highest BCUT2D eigenvalue weighted by molar-refractivity contribution is 6.22. The van der Waals surface area contributed by atoms with E-state index in [4.69, 9.17) is 10.2 Å². The molecule has 0 radical (unpaired) electrons. The lowest BCUT2D eigenvalue weighted by Crippen LogP contribution is -2.32. The molecule has 19 heteroatoms. The molecule has 3 aliphatic carbocycles. The molecule has 4 N–H and O–H groups in total. The first kappa shape index (κ1) is 44.0. The number of hydrogen-bond acceptors (Lipinski definition) is 8. The highest BCUT2D eigenvalue weighted by atomic mass is 19.4. The maximum Gasteiger partial charge on any atom is 0.417 e. The second kappa shape index (κ2) is 17.7. The van der Waals surface area contributed by atoms with Crippen molar-refractivity contribution in [2.24, 2.45) is 16.9 Å². The van der Waals surface area contributed by atoms with Crippen molar-refractivity contribution < 1.29 is 50.9 Å². The number of anilines is 1. The molecule has 3 saturated carbocycles. The smallest absolute Gasteiger partial charge is 0.417 e. The quantitative estimate of drug-likeness (QED) is 0.0757. The van der Waals surface area contributed by atoms with E-state index in [0.29, 0.717) is 28.9 Å². The molecule has 4 heterocycles. The van der Waals surface area contributed by atoms with Crippen molar-refractivity contribution in [3.63, 3.8) is 0 Å². The van der Waals surface area contributed by atoms with Crippen LogP contribution in [0.25, 0.3) is 5.82 Å².